The number of hydrogen-bond acceptors (Lipinski definition) is 4. The van der Waals surface area contributed by atoms with Gasteiger partial charge in [0.1, 0.15) is 6.26 Å². The van der Waals surface area contributed by atoms with Gasteiger partial charge in [-0.2, -0.15) is 13.2 Å². The van der Waals surface area contributed by atoms with E-state index in [-0.39, 0.29) is 16.9 Å². The smallest absolute Gasteiger partial charge is 0.416 e. The molecule has 2 rings (SSSR count). The average molecular weight is 329 g/mol. The number of allylic oxidation sites excluding steroid dienone is 2. The molecule has 0 saturated carbocycles. The van der Waals surface area contributed by atoms with Gasteiger partial charge >= 0.3 is 6.18 Å². The summed E-state index contributed by atoms with van der Waals surface area (Å²) in [5, 5.41) is 3.36. The lowest BCUT2D eigenvalue weighted by atomic mass is 10.00. The van der Waals surface area contributed by atoms with Gasteiger partial charge < -0.3 is 10.1 Å². The highest BCUT2D eigenvalue weighted by Gasteiger charge is 2.34. The monoisotopic (exact) mass is 329 g/mol. The minimum Gasteiger partial charge on any atom is -0.500 e. The van der Waals surface area contributed by atoms with Crippen molar-refractivity contribution in [2.24, 2.45) is 0 Å². The van der Waals surface area contributed by atoms with Gasteiger partial charge in [-0.25, -0.2) is 0 Å². The van der Waals surface area contributed by atoms with Crippen molar-refractivity contribution in [1.82, 2.24) is 5.32 Å². The zero-order valence-electron chi connectivity index (χ0n) is 12.0. The van der Waals surface area contributed by atoms with Crippen molar-refractivity contribution in [3.8, 4) is 0 Å². The van der Waals surface area contributed by atoms with Crippen LogP contribution in [0.4, 0.5) is 13.2 Å². The SMILES string of the molecule is CCOC=C1SC(NC)=C(c2cccc(C(F)(F)F)c2)C1=O. The number of Topliss-reactive ketones (excluding diaryl/α,β-unsaturated/α-hetero) is 1. The quantitative estimate of drug-likeness (QED) is 0.674. The summed E-state index contributed by atoms with van der Waals surface area (Å²) in [6.45, 7) is 2.19. The van der Waals surface area contributed by atoms with Gasteiger partial charge in [-0.1, -0.05) is 23.9 Å². The van der Waals surface area contributed by atoms with Crippen LogP contribution in [0.3, 0.4) is 0 Å². The molecule has 7 heteroatoms. The highest BCUT2D eigenvalue weighted by molar-refractivity contribution is 8.08. The van der Waals surface area contributed by atoms with Gasteiger partial charge in [0.05, 0.1) is 27.7 Å². The lowest BCUT2D eigenvalue weighted by molar-refractivity contribution is -0.137. The van der Waals surface area contributed by atoms with Gasteiger partial charge in [-0.3, -0.25) is 4.79 Å². The van der Waals surface area contributed by atoms with E-state index in [9.17, 15) is 18.0 Å². The van der Waals surface area contributed by atoms with Crippen molar-refractivity contribution in [1.29, 1.82) is 0 Å². The Morgan fingerprint density at radius 1 is 1.36 bits per heavy atom. The highest BCUT2D eigenvalue weighted by Crippen LogP contribution is 2.42. The van der Waals surface area contributed by atoms with E-state index >= 15 is 0 Å². The van der Waals surface area contributed by atoms with Gasteiger partial charge in [0.15, 0.2) is 0 Å². The maximum absolute atomic E-state index is 12.8. The summed E-state index contributed by atoms with van der Waals surface area (Å²) >= 11 is 1.15. The summed E-state index contributed by atoms with van der Waals surface area (Å²) in [5.74, 6) is -0.345. The molecular formula is C15H14F3NO2S. The van der Waals surface area contributed by atoms with Crippen LogP contribution in [-0.2, 0) is 15.7 Å². The van der Waals surface area contributed by atoms with E-state index in [0.29, 0.717) is 16.5 Å². The van der Waals surface area contributed by atoms with Crippen LogP contribution in [0, 0.1) is 0 Å². The first-order valence-electron chi connectivity index (χ1n) is 6.52. The highest BCUT2D eigenvalue weighted by atomic mass is 32.2. The first-order chi connectivity index (χ1) is 10.4. The van der Waals surface area contributed by atoms with E-state index in [2.05, 4.69) is 5.32 Å². The van der Waals surface area contributed by atoms with E-state index in [0.717, 1.165) is 23.9 Å². The minimum absolute atomic E-state index is 0.226. The molecular weight excluding hydrogens is 315 g/mol. The van der Waals surface area contributed by atoms with Crippen molar-refractivity contribution in [2.45, 2.75) is 13.1 Å². The molecule has 1 heterocycles. The summed E-state index contributed by atoms with van der Waals surface area (Å²) in [7, 11) is 1.62. The molecule has 1 N–H and O–H groups in total. The molecule has 22 heavy (non-hydrogen) atoms. The summed E-state index contributed by atoms with van der Waals surface area (Å²) in [6, 6.07) is 4.74. The molecule has 0 radical (unpaired) electrons. The largest absolute Gasteiger partial charge is 0.500 e. The average Bonchev–Trinajstić information content (AvgIpc) is 2.80. The van der Waals surface area contributed by atoms with Crippen molar-refractivity contribution in [3.63, 3.8) is 0 Å². The van der Waals surface area contributed by atoms with Crippen molar-refractivity contribution in [3.05, 3.63) is 51.6 Å². The predicted molar refractivity (Wildman–Crippen MR) is 79.7 cm³/mol. The van der Waals surface area contributed by atoms with Crippen molar-refractivity contribution < 1.29 is 22.7 Å². The Hall–Kier alpha value is -1.89. The zero-order chi connectivity index (χ0) is 16.3. The number of hydrogen-bond donors (Lipinski definition) is 1. The fraction of sp³-hybridized carbons (Fsp3) is 0.267. The van der Waals surface area contributed by atoms with E-state index in [4.69, 9.17) is 4.74 Å². The first kappa shape index (κ1) is 16.5. The van der Waals surface area contributed by atoms with Crippen molar-refractivity contribution >= 4 is 23.1 Å². The van der Waals surface area contributed by atoms with Crippen LogP contribution in [0.15, 0.2) is 40.5 Å². The lowest BCUT2D eigenvalue weighted by Crippen LogP contribution is -2.08. The molecule has 1 aliphatic heterocycles. The number of carbonyl (C=O) groups excluding carboxylic acids is 1. The molecule has 1 aromatic rings. The Balaban J connectivity index is 2.44. The second kappa shape index (κ2) is 6.48. The summed E-state index contributed by atoms with van der Waals surface area (Å²) in [4.78, 5) is 12.7. The normalized spacial score (nSPS) is 17.3. The second-order valence-corrected chi connectivity index (χ2v) is 5.45. The molecule has 0 spiro atoms. The topological polar surface area (TPSA) is 38.3 Å². The summed E-state index contributed by atoms with van der Waals surface area (Å²) < 4.78 is 43.6. The van der Waals surface area contributed by atoms with Crippen LogP contribution < -0.4 is 5.32 Å². The van der Waals surface area contributed by atoms with E-state index in [1.165, 1.54) is 18.4 Å². The molecule has 0 aliphatic carbocycles. The van der Waals surface area contributed by atoms with Crippen LogP contribution in [0.25, 0.3) is 5.57 Å². The summed E-state index contributed by atoms with van der Waals surface area (Å²) in [6.07, 6.45) is -3.11. The maximum atomic E-state index is 12.8. The third-order valence-corrected chi connectivity index (χ3v) is 4.07. The Kier molecular flexibility index (Phi) is 4.85. The molecule has 1 aliphatic rings. The molecule has 118 valence electrons. The Bertz CT molecular complexity index is 650. The molecule has 0 atom stereocenters. The van der Waals surface area contributed by atoms with Gasteiger partial charge in [0.25, 0.3) is 0 Å². The number of rotatable bonds is 4. The number of ketones is 1. The standard InChI is InChI=1S/C15H14F3NO2S/c1-3-21-8-11-13(20)12(14(19-2)22-11)9-5-4-6-10(7-9)15(16,17)18/h4-8,19H,3H2,1-2H3. The molecule has 0 saturated heterocycles. The molecule has 0 fully saturated rings. The molecule has 0 bridgehead atoms. The Morgan fingerprint density at radius 3 is 2.68 bits per heavy atom. The van der Waals surface area contributed by atoms with E-state index < -0.39 is 11.7 Å². The Labute approximate surface area is 130 Å². The van der Waals surface area contributed by atoms with Gasteiger partial charge in [-0.05, 0) is 24.6 Å². The number of carbonyl (C=O) groups is 1. The minimum atomic E-state index is -4.45. The van der Waals surface area contributed by atoms with Crippen molar-refractivity contribution in [2.75, 3.05) is 13.7 Å². The number of ether oxygens (including phenoxy) is 1. The fourth-order valence-corrected chi connectivity index (χ4v) is 2.90. The number of nitrogens with one attached hydrogen (secondary N) is 1. The predicted octanol–water partition coefficient (Wildman–Crippen LogP) is 3.79. The fourth-order valence-electron chi connectivity index (χ4n) is 1.96. The van der Waals surface area contributed by atoms with Gasteiger partial charge in [-0.15, -0.1) is 0 Å². The number of benzene rings is 1. The van der Waals surface area contributed by atoms with Gasteiger partial charge in [0, 0.05) is 7.05 Å². The van der Waals surface area contributed by atoms with Crippen LogP contribution in [0.2, 0.25) is 0 Å². The van der Waals surface area contributed by atoms with Crippen LogP contribution in [-0.4, -0.2) is 19.4 Å². The van der Waals surface area contributed by atoms with Crippen LogP contribution in [0.1, 0.15) is 18.1 Å². The van der Waals surface area contributed by atoms with Gasteiger partial charge in [0.2, 0.25) is 5.78 Å². The molecule has 0 aromatic heterocycles. The second-order valence-electron chi connectivity index (χ2n) is 4.40. The van der Waals surface area contributed by atoms with Crippen LogP contribution >= 0.6 is 11.8 Å². The molecule has 0 unspecified atom stereocenters. The zero-order valence-corrected chi connectivity index (χ0v) is 12.8. The maximum Gasteiger partial charge on any atom is 0.416 e. The lowest BCUT2D eigenvalue weighted by Gasteiger charge is -2.09. The number of thioether (sulfide) groups is 1. The van der Waals surface area contributed by atoms with E-state index in [1.807, 2.05) is 0 Å². The molecule has 0 amide bonds. The third kappa shape index (κ3) is 3.30. The third-order valence-electron chi connectivity index (χ3n) is 2.95. The molecule has 1 aromatic carbocycles. The van der Waals surface area contributed by atoms with Crippen LogP contribution in [0.5, 0.6) is 0 Å². The summed E-state index contributed by atoms with van der Waals surface area (Å²) in [5.41, 5.74) is -0.325. The number of alkyl halides is 3. The Morgan fingerprint density at radius 2 is 2.09 bits per heavy atom. The molecule has 3 nitrogen and oxygen atoms in total. The number of halogens is 3. The van der Waals surface area contributed by atoms with E-state index in [1.54, 1.807) is 14.0 Å². The first-order valence-corrected chi connectivity index (χ1v) is 7.34.